The van der Waals surface area contributed by atoms with Gasteiger partial charge in [-0.25, -0.2) is 4.98 Å². The molecule has 2 aromatic rings. The summed E-state index contributed by atoms with van der Waals surface area (Å²) in [7, 11) is 0. The zero-order valence-corrected chi connectivity index (χ0v) is 8.47. The Bertz CT molecular complexity index is 564. The molecule has 0 fully saturated rings. The number of amides is 1. The number of nitrogens with zero attached hydrogens (tertiary/aromatic N) is 1. The van der Waals surface area contributed by atoms with Crippen molar-refractivity contribution in [3.8, 4) is 5.75 Å². The molecule has 1 aromatic heterocycles. The molecule has 0 spiro atoms. The highest BCUT2D eigenvalue weighted by atomic mass is 16.3. The van der Waals surface area contributed by atoms with Gasteiger partial charge in [-0.1, -0.05) is 12.6 Å². The number of hydrogen-bond acceptors (Lipinski definition) is 3. The van der Waals surface area contributed by atoms with Crippen molar-refractivity contribution >= 4 is 23.0 Å². The van der Waals surface area contributed by atoms with Gasteiger partial charge >= 0.3 is 0 Å². The Morgan fingerprint density at radius 2 is 2.19 bits per heavy atom. The highest BCUT2D eigenvalue weighted by molar-refractivity contribution is 5.82. The lowest BCUT2D eigenvalue weighted by molar-refractivity contribution is -0.108. The number of phenols is 1. The number of aromatic hydroxyl groups is 1. The van der Waals surface area contributed by atoms with E-state index in [4.69, 9.17) is 0 Å². The number of pyridine rings is 1. The van der Waals surface area contributed by atoms with Crippen molar-refractivity contribution in [1.29, 1.82) is 0 Å². The molecular weight excluding hydrogens is 204 g/mol. The van der Waals surface area contributed by atoms with Crippen molar-refractivity contribution in [2.24, 2.45) is 0 Å². The summed E-state index contributed by atoms with van der Waals surface area (Å²) >= 11 is 0. The van der Waals surface area contributed by atoms with Gasteiger partial charge in [-0.3, -0.25) is 4.79 Å². The van der Waals surface area contributed by atoms with Crippen LogP contribution in [0.1, 0.15) is 5.69 Å². The van der Waals surface area contributed by atoms with Crippen LogP contribution in [0.2, 0.25) is 0 Å². The van der Waals surface area contributed by atoms with Crippen LogP contribution >= 0.6 is 0 Å². The third kappa shape index (κ3) is 1.86. The minimum absolute atomic E-state index is 0.201. The van der Waals surface area contributed by atoms with E-state index in [1.54, 1.807) is 24.3 Å². The molecule has 1 amide bonds. The van der Waals surface area contributed by atoms with E-state index < -0.39 is 0 Å². The highest BCUT2D eigenvalue weighted by Crippen LogP contribution is 2.19. The third-order valence-corrected chi connectivity index (χ3v) is 2.22. The Morgan fingerprint density at radius 3 is 2.94 bits per heavy atom. The lowest BCUT2D eigenvalue weighted by Crippen LogP contribution is -2.08. The van der Waals surface area contributed by atoms with Gasteiger partial charge in [-0.15, -0.1) is 0 Å². The molecule has 0 atom stereocenters. The number of rotatable bonds is 3. The van der Waals surface area contributed by atoms with E-state index >= 15 is 0 Å². The van der Waals surface area contributed by atoms with Crippen molar-refractivity contribution in [1.82, 2.24) is 10.3 Å². The second-order valence-electron chi connectivity index (χ2n) is 3.31. The average Bonchev–Trinajstić information content (AvgIpc) is 2.28. The molecule has 4 nitrogen and oxygen atoms in total. The van der Waals surface area contributed by atoms with Crippen molar-refractivity contribution in [3.05, 3.63) is 42.6 Å². The monoisotopic (exact) mass is 214 g/mol. The van der Waals surface area contributed by atoms with Crippen LogP contribution in [-0.4, -0.2) is 16.5 Å². The quantitative estimate of drug-likeness (QED) is 0.764. The Balaban J connectivity index is 2.48. The summed E-state index contributed by atoms with van der Waals surface area (Å²) in [6.07, 6.45) is 0.561. The number of carbonyl (C=O) groups is 1. The normalized spacial score (nSPS) is 10.0. The molecule has 1 heterocycles. The van der Waals surface area contributed by atoms with E-state index in [0.29, 0.717) is 17.8 Å². The summed E-state index contributed by atoms with van der Waals surface area (Å²) in [5.74, 6) is 0.201. The van der Waals surface area contributed by atoms with Gasteiger partial charge in [-0.2, -0.15) is 0 Å². The largest absolute Gasteiger partial charge is 0.508 e. The molecule has 0 aliphatic carbocycles. The molecule has 2 rings (SSSR count). The first-order chi connectivity index (χ1) is 7.70. The molecule has 0 unspecified atom stereocenters. The second kappa shape index (κ2) is 4.02. The summed E-state index contributed by atoms with van der Waals surface area (Å²) in [4.78, 5) is 14.6. The molecule has 0 aliphatic heterocycles. The van der Waals surface area contributed by atoms with Gasteiger partial charge in [-0.05, 0) is 24.3 Å². The van der Waals surface area contributed by atoms with Crippen molar-refractivity contribution in [3.63, 3.8) is 0 Å². The minimum atomic E-state index is 0.201. The Morgan fingerprint density at radius 1 is 1.38 bits per heavy atom. The van der Waals surface area contributed by atoms with Gasteiger partial charge in [0, 0.05) is 5.39 Å². The lowest BCUT2D eigenvalue weighted by atomic mass is 10.2. The van der Waals surface area contributed by atoms with Gasteiger partial charge in [0.25, 0.3) is 0 Å². The Kier molecular flexibility index (Phi) is 2.55. The summed E-state index contributed by atoms with van der Waals surface area (Å²) in [6, 6.07) is 8.45. The van der Waals surface area contributed by atoms with Gasteiger partial charge in [0.05, 0.1) is 16.9 Å². The SMILES string of the molecule is C=C(NC=O)c1ccc2cc(O)ccc2n1. The highest BCUT2D eigenvalue weighted by Gasteiger charge is 2.02. The van der Waals surface area contributed by atoms with Crippen LogP contribution < -0.4 is 5.32 Å². The minimum Gasteiger partial charge on any atom is -0.508 e. The third-order valence-electron chi connectivity index (χ3n) is 2.22. The Labute approximate surface area is 92.2 Å². The van der Waals surface area contributed by atoms with Gasteiger partial charge in [0.1, 0.15) is 5.75 Å². The maximum Gasteiger partial charge on any atom is 0.211 e. The Hall–Kier alpha value is -2.36. The van der Waals surface area contributed by atoms with Crippen LogP contribution in [0.5, 0.6) is 5.75 Å². The van der Waals surface area contributed by atoms with E-state index in [1.165, 1.54) is 0 Å². The zero-order chi connectivity index (χ0) is 11.5. The van der Waals surface area contributed by atoms with E-state index in [-0.39, 0.29) is 5.75 Å². The molecule has 0 saturated carbocycles. The first-order valence-electron chi connectivity index (χ1n) is 4.70. The standard InChI is InChI=1S/C12H10N2O2/c1-8(13-7-15)11-4-2-9-6-10(16)3-5-12(9)14-11/h2-7,16H,1H2,(H,13,15). The maximum absolute atomic E-state index is 10.3. The first-order valence-corrected chi connectivity index (χ1v) is 4.70. The maximum atomic E-state index is 10.3. The predicted molar refractivity (Wildman–Crippen MR) is 61.6 cm³/mol. The molecule has 16 heavy (non-hydrogen) atoms. The van der Waals surface area contributed by atoms with Crippen molar-refractivity contribution in [2.75, 3.05) is 0 Å². The molecule has 1 aromatic carbocycles. The molecule has 2 N–H and O–H groups in total. The molecule has 0 radical (unpaired) electrons. The molecule has 4 heteroatoms. The number of aromatic nitrogens is 1. The van der Waals surface area contributed by atoms with Crippen molar-refractivity contribution in [2.45, 2.75) is 0 Å². The van der Waals surface area contributed by atoms with Gasteiger partial charge in [0.15, 0.2) is 0 Å². The number of nitrogens with one attached hydrogen (secondary N) is 1. The summed E-state index contributed by atoms with van der Waals surface area (Å²) in [5, 5.41) is 12.6. The zero-order valence-electron chi connectivity index (χ0n) is 8.47. The van der Waals surface area contributed by atoms with E-state index in [9.17, 15) is 9.90 Å². The predicted octanol–water partition coefficient (Wildman–Crippen LogP) is 1.66. The smallest absolute Gasteiger partial charge is 0.211 e. The molecular formula is C12H10N2O2. The van der Waals surface area contributed by atoms with Gasteiger partial charge in [0.2, 0.25) is 6.41 Å². The summed E-state index contributed by atoms with van der Waals surface area (Å²) in [5.41, 5.74) is 1.79. The topological polar surface area (TPSA) is 62.2 Å². The number of benzene rings is 1. The van der Waals surface area contributed by atoms with Crippen LogP contribution in [0.3, 0.4) is 0 Å². The fourth-order valence-electron chi connectivity index (χ4n) is 1.43. The summed E-state index contributed by atoms with van der Waals surface area (Å²) in [6.45, 7) is 3.68. The number of carbonyl (C=O) groups excluding carboxylic acids is 1. The number of hydrogen-bond donors (Lipinski definition) is 2. The van der Waals surface area contributed by atoms with Crippen LogP contribution in [0.25, 0.3) is 16.6 Å². The van der Waals surface area contributed by atoms with Crippen LogP contribution in [-0.2, 0) is 4.79 Å². The van der Waals surface area contributed by atoms with Crippen molar-refractivity contribution < 1.29 is 9.90 Å². The molecule has 0 bridgehead atoms. The number of fused-ring (bicyclic) bond motifs is 1. The summed E-state index contributed by atoms with van der Waals surface area (Å²) < 4.78 is 0. The van der Waals surface area contributed by atoms with Crippen LogP contribution in [0.15, 0.2) is 36.9 Å². The van der Waals surface area contributed by atoms with Crippen LogP contribution in [0.4, 0.5) is 0 Å². The first kappa shape index (κ1) is 10.2. The molecule has 0 aliphatic rings. The van der Waals surface area contributed by atoms with E-state index in [2.05, 4.69) is 16.9 Å². The molecule has 0 saturated heterocycles. The average molecular weight is 214 g/mol. The van der Waals surface area contributed by atoms with E-state index in [1.807, 2.05) is 6.07 Å². The second-order valence-corrected chi connectivity index (χ2v) is 3.31. The fraction of sp³-hybridized carbons (Fsp3) is 0. The van der Waals surface area contributed by atoms with Gasteiger partial charge < -0.3 is 10.4 Å². The lowest BCUT2D eigenvalue weighted by Gasteiger charge is -2.04. The van der Waals surface area contributed by atoms with E-state index in [0.717, 1.165) is 10.9 Å². The van der Waals surface area contributed by atoms with Crippen LogP contribution in [0, 0.1) is 0 Å². The molecule has 80 valence electrons. The fourth-order valence-corrected chi connectivity index (χ4v) is 1.43. The number of phenolic OH excluding ortho intramolecular Hbond substituents is 1.